The van der Waals surface area contributed by atoms with Crippen molar-refractivity contribution in [1.29, 1.82) is 0 Å². The van der Waals surface area contributed by atoms with E-state index in [-0.39, 0.29) is 12.6 Å². The summed E-state index contributed by atoms with van der Waals surface area (Å²) < 4.78 is 0. The molecule has 3 aromatic carbocycles. The number of amides is 2. The highest BCUT2D eigenvalue weighted by molar-refractivity contribution is 6.30. The number of para-hydroxylation sites is 1. The molecule has 0 heterocycles. The molecule has 0 bridgehead atoms. The lowest BCUT2D eigenvalue weighted by atomic mass is 10.2. The van der Waals surface area contributed by atoms with Crippen molar-refractivity contribution in [2.45, 2.75) is 0 Å². The topological polar surface area (TPSA) is 32.3 Å². The molecule has 1 N–H and O–H groups in total. The van der Waals surface area contributed by atoms with Gasteiger partial charge in [-0.05, 0) is 60.4 Å². The molecule has 0 aliphatic heterocycles. The van der Waals surface area contributed by atoms with E-state index < -0.39 is 0 Å². The largest absolute Gasteiger partial charge is 0.327 e. The van der Waals surface area contributed by atoms with Gasteiger partial charge in [-0.15, -0.1) is 0 Å². The summed E-state index contributed by atoms with van der Waals surface area (Å²) in [6, 6.07) is 25.7. The van der Waals surface area contributed by atoms with Crippen LogP contribution in [0.5, 0.6) is 0 Å². The Morgan fingerprint density at radius 1 is 0.857 bits per heavy atom. The second kappa shape index (κ2) is 9.88. The van der Waals surface area contributed by atoms with Crippen molar-refractivity contribution in [3.63, 3.8) is 0 Å². The number of benzene rings is 3. The number of urea groups is 1. The minimum atomic E-state index is -0.279. The highest BCUT2D eigenvalue weighted by Gasteiger charge is 2.14. The number of hydrogen-bond donors (Lipinski definition) is 1. The van der Waals surface area contributed by atoms with E-state index in [1.807, 2.05) is 60.7 Å². The molecule has 0 saturated carbocycles. The van der Waals surface area contributed by atoms with Gasteiger partial charge in [-0.1, -0.05) is 59.8 Å². The van der Waals surface area contributed by atoms with Crippen molar-refractivity contribution in [3.05, 3.63) is 95.5 Å². The van der Waals surface area contributed by atoms with Gasteiger partial charge >= 0.3 is 6.03 Å². The summed E-state index contributed by atoms with van der Waals surface area (Å²) in [5, 5.41) is 3.48. The van der Waals surface area contributed by atoms with Gasteiger partial charge < -0.3 is 5.32 Å². The minimum absolute atomic E-state index is 0.198. The Labute approximate surface area is 170 Å². The molecular weight excluding hydrogens is 368 g/mol. The van der Waals surface area contributed by atoms with Crippen LogP contribution in [0.3, 0.4) is 0 Å². The first-order chi connectivity index (χ1) is 13.7. The number of nitrogens with one attached hydrogen (secondary N) is 1. The van der Waals surface area contributed by atoms with Crippen molar-refractivity contribution in [3.8, 4) is 23.7 Å². The van der Waals surface area contributed by atoms with Gasteiger partial charge in [0.05, 0.1) is 6.54 Å². The lowest BCUT2D eigenvalue weighted by Crippen LogP contribution is -2.35. The van der Waals surface area contributed by atoms with Crippen LogP contribution >= 0.6 is 11.6 Å². The van der Waals surface area contributed by atoms with E-state index >= 15 is 0 Å². The summed E-state index contributed by atoms with van der Waals surface area (Å²) in [4.78, 5) is 14.3. The Bertz CT molecular complexity index is 1040. The summed E-state index contributed by atoms with van der Waals surface area (Å²) in [7, 11) is 0. The summed E-state index contributed by atoms with van der Waals surface area (Å²) in [5.74, 6) is 11.5. The van der Waals surface area contributed by atoms with Crippen LogP contribution in [0.25, 0.3) is 0 Å². The van der Waals surface area contributed by atoms with E-state index in [0.29, 0.717) is 16.4 Å². The highest BCUT2D eigenvalue weighted by Crippen LogP contribution is 2.19. The predicted octanol–water partition coefficient (Wildman–Crippen LogP) is 5.43. The number of carbonyl (C=O) groups is 1. The maximum Gasteiger partial charge on any atom is 0.327 e. The number of halogens is 1. The molecule has 3 rings (SSSR count). The molecule has 0 aromatic heterocycles. The quantitative estimate of drug-likeness (QED) is 0.599. The number of anilines is 2. The second-order valence-corrected chi connectivity index (χ2v) is 6.21. The zero-order valence-electron chi connectivity index (χ0n) is 15.0. The van der Waals surface area contributed by atoms with Gasteiger partial charge in [0.25, 0.3) is 0 Å². The monoisotopic (exact) mass is 384 g/mol. The summed E-state index contributed by atoms with van der Waals surface area (Å²) >= 11 is 5.96. The molecular formula is C24H17ClN2O. The molecule has 136 valence electrons. The van der Waals surface area contributed by atoms with Gasteiger partial charge in [-0.3, -0.25) is 4.90 Å². The lowest BCUT2D eigenvalue weighted by molar-refractivity contribution is 0.257. The number of carbonyl (C=O) groups excluding carboxylic acids is 1. The number of hydrogen-bond acceptors (Lipinski definition) is 1. The van der Waals surface area contributed by atoms with E-state index in [0.717, 1.165) is 5.56 Å². The molecule has 2 amide bonds. The molecule has 0 aliphatic rings. The first-order valence-electron chi connectivity index (χ1n) is 8.65. The van der Waals surface area contributed by atoms with E-state index in [9.17, 15) is 4.79 Å². The van der Waals surface area contributed by atoms with Crippen LogP contribution in [0, 0.1) is 23.7 Å². The van der Waals surface area contributed by atoms with Crippen molar-refractivity contribution in [1.82, 2.24) is 0 Å². The predicted molar refractivity (Wildman–Crippen MR) is 115 cm³/mol. The normalized spacial score (nSPS) is 9.32. The van der Waals surface area contributed by atoms with E-state index in [4.69, 9.17) is 11.6 Å². The van der Waals surface area contributed by atoms with Crippen LogP contribution in [0.4, 0.5) is 16.2 Å². The summed E-state index contributed by atoms with van der Waals surface area (Å²) in [6.45, 7) is 0.198. The van der Waals surface area contributed by atoms with Gasteiger partial charge in [-0.25, -0.2) is 4.79 Å². The fraction of sp³-hybridized carbons (Fsp3) is 0.0417. The standard InChI is InChI=1S/C24H17ClN2O/c25-21-15-17-23(18-16-21)27(24(28)26-22-13-7-2-8-14-22)19-9-3-6-12-20-10-4-1-5-11-20/h1-2,4-5,7-8,10-11,13-18H,19H2,(H,26,28). The Morgan fingerprint density at radius 3 is 2.18 bits per heavy atom. The third kappa shape index (κ3) is 5.68. The third-order valence-corrected chi connectivity index (χ3v) is 4.03. The van der Waals surface area contributed by atoms with Crippen molar-refractivity contribution in [2.24, 2.45) is 0 Å². The SMILES string of the molecule is O=C(Nc1ccccc1)N(CC#CC#Cc1ccccc1)c1ccc(Cl)cc1. The first kappa shape index (κ1) is 19.1. The van der Waals surface area contributed by atoms with E-state index in [2.05, 4.69) is 29.0 Å². The fourth-order valence-corrected chi connectivity index (χ4v) is 2.53. The van der Waals surface area contributed by atoms with Crippen LogP contribution in [0.15, 0.2) is 84.9 Å². The van der Waals surface area contributed by atoms with Crippen molar-refractivity contribution < 1.29 is 4.79 Å². The van der Waals surface area contributed by atoms with Gasteiger partial charge in [0.1, 0.15) is 0 Å². The smallest absolute Gasteiger partial charge is 0.308 e. The molecule has 0 aliphatic carbocycles. The molecule has 4 heteroatoms. The average molecular weight is 385 g/mol. The fourth-order valence-electron chi connectivity index (χ4n) is 2.40. The van der Waals surface area contributed by atoms with Crippen LogP contribution < -0.4 is 10.2 Å². The molecule has 3 aromatic rings. The van der Waals surface area contributed by atoms with Crippen LogP contribution in [0.2, 0.25) is 5.02 Å². The third-order valence-electron chi connectivity index (χ3n) is 3.78. The number of rotatable bonds is 3. The zero-order valence-corrected chi connectivity index (χ0v) is 15.8. The van der Waals surface area contributed by atoms with Gasteiger partial charge in [0.2, 0.25) is 0 Å². The van der Waals surface area contributed by atoms with E-state index in [1.54, 1.807) is 29.2 Å². The Kier molecular flexibility index (Phi) is 6.74. The van der Waals surface area contributed by atoms with Crippen LogP contribution in [-0.4, -0.2) is 12.6 Å². The Balaban J connectivity index is 1.75. The molecule has 0 fully saturated rings. The van der Waals surface area contributed by atoms with Gasteiger partial charge in [0.15, 0.2) is 0 Å². The second-order valence-electron chi connectivity index (χ2n) is 5.78. The van der Waals surface area contributed by atoms with Crippen molar-refractivity contribution >= 4 is 29.0 Å². The highest BCUT2D eigenvalue weighted by atomic mass is 35.5. The molecule has 0 radical (unpaired) electrons. The maximum atomic E-state index is 12.8. The van der Waals surface area contributed by atoms with E-state index in [1.165, 1.54) is 0 Å². The molecule has 0 spiro atoms. The Morgan fingerprint density at radius 2 is 1.50 bits per heavy atom. The molecule has 0 saturated heterocycles. The summed E-state index contributed by atoms with van der Waals surface area (Å²) in [6.07, 6.45) is 0. The van der Waals surface area contributed by atoms with Crippen LogP contribution in [-0.2, 0) is 0 Å². The molecule has 3 nitrogen and oxygen atoms in total. The van der Waals surface area contributed by atoms with Crippen molar-refractivity contribution in [2.75, 3.05) is 16.8 Å². The number of nitrogens with zero attached hydrogens (tertiary/aromatic N) is 1. The zero-order chi connectivity index (χ0) is 19.6. The molecule has 0 atom stereocenters. The van der Waals surface area contributed by atoms with Crippen LogP contribution in [0.1, 0.15) is 5.56 Å². The van der Waals surface area contributed by atoms with Gasteiger partial charge in [-0.2, -0.15) is 0 Å². The molecule has 0 unspecified atom stereocenters. The lowest BCUT2D eigenvalue weighted by Gasteiger charge is -2.21. The average Bonchev–Trinajstić information content (AvgIpc) is 2.73. The van der Waals surface area contributed by atoms with Gasteiger partial charge in [0, 0.05) is 22.0 Å². The molecule has 28 heavy (non-hydrogen) atoms. The Hall–Kier alpha value is -3.66. The minimum Gasteiger partial charge on any atom is -0.308 e. The maximum absolute atomic E-state index is 12.8. The summed E-state index contributed by atoms with van der Waals surface area (Å²) in [5.41, 5.74) is 2.31. The first-order valence-corrected chi connectivity index (χ1v) is 9.03.